The van der Waals surface area contributed by atoms with E-state index in [1.54, 1.807) is 30.5 Å². The molecule has 0 spiro atoms. The Balaban J connectivity index is 1.37. The molecule has 1 amide bonds. The molecule has 164 valence electrons. The maximum absolute atomic E-state index is 12.7. The molecule has 1 aliphatic rings. The van der Waals surface area contributed by atoms with Gasteiger partial charge in [-0.2, -0.15) is 0 Å². The number of aliphatic carboxylic acids is 1. The monoisotopic (exact) mass is 458 g/mol. The molecule has 2 N–H and O–H groups in total. The third kappa shape index (κ3) is 3.79. The second-order valence-corrected chi connectivity index (χ2v) is 8.18. The number of carbonyl (C=O) groups excluding carboxylic acids is 1. The van der Waals surface area contributed by atoms with Crippen LogP contribution in [0.15, 0.2) is 79.0 Å². The van der Waals surface area contributed by atoms with Gasteiger partial charge in [0, 0.05) is 28.1 Å². The van der Waals surface area contributed by atoms with Gasteiger partial charge >= 0.3 is 12.1 Å². The molecule has 0 bridgehead atoms. The Labute approximate surface area is 194 Å². The van der Waals surface area contributed by atoms with E-state index < -0.39 is 18.1 Å². The molecule has 33 heavy (non-hydrogen) atoms. The summed E-state index contributed by atoms with van der Waals surface area (Å²) in [7, 11) is 0. The van der Waals surface area contributed by atoms with Crippen LogP contribution in [0.25, 0.3) is 22.0 Å². The highest BCUT2D eigenvalue weighted by Crippen LogP contribution is 2.44. The fraction of sp³-hybridized carbons (Fsp3) is 0.115. The van der Waals surface area contributed by atoms with Crippen LogP contribution in [-0.4, -0.2) is 28.8 Å². The minimum absolute atomic E-state index is 0.0891. The van der Waals surface area contributed by atoms with Crippen LogP contribution in [0, 0.1) is 0 Å². The summed E-state index contributed by atoms with van der Waals surface area (Å²) in [5, 5.41) is 13.3. The Morgan fingerprint density at radius 3 is 2.30 bits per heavy atom. The van der Waals surface area contributed by atoms with Gasteiger partial charge in [0.05, 0.1) is 5.52 Å². The normalized spacial score (nSPS) is 13.2. The number of carboxylic acids is 1. The van der Waals surface area contributed by atoms with Crippen molar-refractivity contribution in [2.75, 3.05) is 6.61 Å². The number of ether oxygens (including phenoxy) is 1. The zero-order valence-corrected chi connectivity index (χ0v) is 18.1. The number of hydrogen-bond donors (Lipinski definition) is 2. The predicted molar refractivity (Wildman–Crippen MR) is 125 cm³/mol. The van der Waals surface area contributed by atoms with Gasteiger partial charge in [0.15, 0.2) is 6.04 Å². The summed E-state index contributed by atoms with van der Waals surface area (Å²) in [5.41, 5.74) is 5.13. The summed E-state index contributed by atoms with van der Waals surface area (Å²) in [4.78, 5) is 29.0. The van der Waals surface area contributed by atoms with Gasteiger partial charge < -0.3 is 15.2 Å². The Morgan fingerprint density at radius 1 is 0.970 bits per heavy atom. The van der Waals surface area contributed by atoms with E-state index >= 15 is 0 Å². The molecule has 0 saturated heterocycles. The van der Waals surface area contributed by atoms with Crippen LogP contribution in [0.4, 0.5) is 4.79 Å². The number of benzene rings is 3. The van der Waals surface area contributed by atoms with E-state index in [4.69, 9.17) is 16.3 Å². The summed E-state index contributed by atoms with van der Waals surface area (Å²) in [6.07, 6.45) is 0.734. The number of pyridine rings is 1. The minimum atomic E-state index is -1.34. The Kier molecular flexibility index (Phi) is 5.44. The summed E-state index contributed by atoms with van der Waals surface area (Å²) in [6, 6.07) is 21.3. The maximum atomic E-state index is 12.7. The standard InChI is InChI=1S/C26H19ClN2O4/c27-22-12-11-20(23-19(22)10-5-13-28-23)24(25(30)31)29-26(32)33-14-21-17-8-3-1-6-15(17)16-7-2-4-9-18(16)21/h1-13,21,24H,14H2,(H,29,32)(H,30,31). The molecule has 0 aliphatic heterocycles. The highest BCUT2D eigenvalue weighted by molar-refractivity contribution is 6.35. The van der Waals surface area contributed by atoms with E-state index in [1.807, 2.05) is 48.5 Å². The van der Waals surface area contributed by atoms with Crippen molar-refractivity contribution >= 4 is 34.6 Å². The van der Waals surface area contributed by atoms with E-state index in [-0.39, 0.29) is 12.5 Å². The zero-order chi connectivity index (χ0) is 22.9. The summed E-state index contributed by atoms with van der Waals surface area (Å²) < 4.78 is 5.52. The van der Waals surface area contributed by atoms with Crippen LogP contribution in [0.2, 0.25) is 5.02 Å². The first kappa shape index (κ1) is 21.0. The quantitative estimate of drug-likeness (QED) is 0.409. The van der Waals surface area contributed by atoms with Crippen LogP contribution < -0.4 is 5.32 Å². The molecular formula is C26H19ClN2O4. The first-order chi connectivity index (χ1) is 16.0. The van der Waals surface area contributed by atoms with Crippen LogP contribution >= 0.6 is 11.6 Å². The van der Waals surface area contributed by atoms with Crippen molar-refractivity contribution in [2.24, 2.45) is 0 Å². The maximum Gasteiger partial charge on any atom is 0.408 e. The number of nitrogens with one attached hydrogen (secondary N) is 1. The van der Waals surface area contributed by atoms with Gasteiger partial charge in [-0.1, -0.05) is 66.2 Å². The molecule has 1 aromatic heterocycles. The third-order valence-electron chi connectivity index (χ3n) is 5.91. The van der Waals surface area contributed by atoms with Gasteiger partial charge in [-0.25, -0.2) is 9.59 Å². The van der Waals surface area contributed by atoms with E-state index in [2.05, 4.69) is 10.3 Å². The number of aromatic nitrogens is 1. The molecule has 1 heterocycles. The molecule has 4 aromatic rings. The van der Waals surface area contributed by atoms with Gasteiger partial charge in [0.2, 0.25) is 0 Å². The molecular weight excluding hydrogens is 440 g/mol. The number of amides is 1. The topological polar surface area (TPSA) is 88.5 Å². The number of carbonyl (C=O) groups is 2. The number of halogens is 1. The zero-order valence-electron chi connectivity index (χ0n) is 17.4. The number of carboxylic acid groups (broad SMARTS) is 1. The molecule has 0 saturated carbocycles. The van der Waals surface area contributed by atoms with Crippen LogP contribution in [0.1, 0.15) is 28.7 Å². The molecule has 0 fully saturated rings. The van der Waals surface area contributed by atoms with Crippen molar-refractivity contribution in [1.29, 1.82) is 0 Å². The molecule has 7 heteroatoms. The predicted octanol–water partition coefficient (Wildman–Crippen LogP) is 5.55. The van der Waals surface area contributed by atoms with Crippen LogP contribution in [0.5, 0.6) is 0 Å². The SMILES string of the molecule is O=C(NC(C(=O)O)c1ccc(Cl)c2cccnc12)OCC1c2ccccc2-c2ccccc21. The molecule has 0 radical (unpaired) electrons. The molecule has 1 aliphatic carbocycles. The number of fused-ring (bicyclic) bond motifs is 4. The summed E-state index contributed by atoms with van der Waals surface area (Å²) in [5.74, 6) is -1.35. The van der Waals surface area contributed by atoms with Gasteiger partial charge in [-0.3, -0.25) is 4.98 Å². The van der Waals surface area contributed by atoms with Gasteiger partial charge in [-0.05, 0) is 40.5 Å². The van der Waals surface area contributed by atoms with Crippen LogP contribution in [0.3, 0.4) is 0 Å². The first-order valence-electron chi connectivity index (χ1n) is 10.4. The van der Waals surface area contributed by atoms with E-state index in [0.717, 1.165) is 22.3 Å². The van der Waals surface area contributed by atoms with E-state index in [0.29, 0.717) is 21.5 Å². The Hall–Kier alpha value is -3.90. The van der Waals surface area contributed by atoms with Crippen LogP contribution in [-0.2, 0) is 9.53 Å². The first-order valence-corrected chi connectivity index (χ1v) is 10.8. The average molecular weight is 459 g/mol. The molecule has 1 unspecified atom stereocenters. The largest absolute Gasteiger partial charge is 0.479 e. The smallest absolute Gasteiger partial charge is 0.408 e. The number of hydrogen-bond acceptors (Lipinski definition) is 4. The summed E-state index contributed by atoms with van der Waals surface area (Å²) in [6.45, 7) is 0.0891. The average Bonchev–Trinajstić information content (AvgIpc) is 3.16. The van der Waals surface area contributed by atoms with Crippen molar-refractivity contribution in [2.45, 2.75) is 12.0 Å². The Bertz CT molecular complexity index is 1340. The summed E-state index contributed by atoms with van der Waals surface area (Å²) >= 11 is 6.22. The number of alkyl carbamates (subject to hydrolysis) is 1. The van der Waals surface area contributed by atoms with Crippen molar-refractivity contribution < 1.29 is 19.4 Å². The lowest BCUT2D eigenvalue weighted by Crippen LogP contribution is -2.35. The van der Waals surface area contributed by atoms with E-state index in [9.17, 15) is 14.7 Å². The molecule has 6 nitrogen and oxygen atoms in total. The van der Waals surface area contributed by atoms with Gasteiger partial charge in [0.1, 0.15) is 6.61 Å². The van der Waals surface area contributed by atoms with Crippen molar-refractivity contribution in [3.05, 3.63) is 101 Å². The van der Waals surface area contributed by atoms with Crippen molar-refractivity contribution in [3.63, 3.8) is 0 Å². The number of rotatable bonds is 5. The third-order valence-corrected chi connectivity index (χ3v) is 6.24. The van der Waals surface area contributed by atoms with E-state index in [1.165, 1.54) is 0 Å². The van der Waals surface area contributed by atoms with Gasteiger partial charge in [0.25, 0.3) is 0 Å². The lowest BCUT2D eigenvalue weighted by atomic mass is 9.98. The number of nitrogens with zero attached hydrogens (tertiary/aromatic N) is 1. The Morgan fingerprint density at radius 2 is 1.64 bits per heavy atom. The van der Waals surface area contributed by atoms with Gasteiger partial charge in [-0.15, -0.1) is 0 Å². The molecule has 1 atom stereocenters. The minimum Gasteiger partial charge on any atom is -0.479 e. The fourth-order valence-electron chi connectivity index (χ4n) is 4.42. The second-order valence-electron chi connectivity index (χ2n) is 7.78. The highest BCUT2D eigenvalue weighted by Gasteiger charge is 2.30. The molecule has 5 rings (SSSR count). The highest BCUT2D eigenvalue weighted by atomic mass is 35.5. The van der Waals surface area contributed by atoms with Crippen molar-refractivity contribution in [1.82, 2.24) is 10.3 Å². The lowest BCUT2D eigenvalue weighted by Gasteiger charge is -2.18. The second kappa shape index (κ2) is 8.56. The fourth-order valence-corrected chi connectivity index (χ4v) is 4.64. The lowest BCUT2D eigenvalue weighted by molar-refractivity contribution is -0.139. The van der Waals surface area contributed by atoms with Crippen molar-refractivity contribution in [3.8, 4) is 11.1 Å². The molecule has 3 aromatic carbocycles.